The molecule has 0 unspecified atom stereocenters. The van der Waals surface area contributed by atoms with Gasteiger partial charge in [0.15, 0.2) is 0 Å². The fraction of sp³-hybridized carbons (Fsp3) is 0.429. The fourth-order valence-corrected chi connectivity index (χ4v) is 3.07. The van der Waals surface area contributed by atoms with Gasteiger partial charge in [-0.15, -0.1) is 0 Å². The Morgan fingerprint density at radius 3 is 2.58 bits per heavy atom. The van der Waals surface area contributed by atoms with Gasteiger partial charge in [0.05, 0.1) is 11.5 Å². The maximum Gasteiger partial charge on any atom is 0.297 e. The van der Waals surface area contributed by atoms with Gasteiger partial charge in [0, 0.05) is 0 Å². The molecular formula is C14H18O4S. The molecule has 0 bridgehead atoms. The quantitative estimate of drug-likeness (QED) is 0.615. The van der Waals surface area contributed by atoms with E-state index in [1.807, 2.05) is 26.0 Å². The van der Waals surface area contributed by atoms with Crippen molar-refractivity contribution in [3.8, 4) is 0 Å². The second-order valence-electron chi connectivity index (χ2n) is 4.54. The SMILES string of the molecule is CC[C@H](OS(=O)(=O)c1ccc(C)cc1)[C@@H]1C=CCO1. The summed E-state index contributed by atoms with van der Waals surface area (Å²) in [5.41, 5.74) is 1.01. The molecule has 5 heteroatoms. The molecule has 2 rings (SSSR count). The molecule has 0 saturated carbocycles. The lowest BCUT2D eigenvalue weighted by molar-refractivity contribution is 0.0291. The van der Waals surface area contributed by atoms with Gasteiger partial charge in [0.25, 0.3) is 10.1 Å². The Balaban J connectivity index is 2.15. The molecule has 1 aliphatic heterocycles. The van der Waals surface area contributed by atoms with E-state index in [-0.39, 0.29) is 11.0 Å². The number of rotatable bonds is 5. The third-order valence-corrected chi connectivity index (χ3v) is 4.39. The van der Waals surface area contributed by atoms with Crippen LogP contribution in [0.15, 0.2) is 41.3 Å². The van der Waals surface area contributed by atoms with Crippen molar-refractivity contribution in [3.05, 3.63) is 42.0 Å². The van der Waals surface area contributed by atoms with Crippen molar-refractivity contribution in [2.45, 2.75) is 37.4 Å². The lowest BCUT2D eigenvalue weighted by Gasteiger charge is -2.20. The Hall–Kier alpha value is -1.17. The van der Waals surface area contributed by atoms with Crippen molar-refractivity contribution >= 4 is 10.1 Å². The van der Waals surface area contributed by atoms with Crippen molar-refractivity contribution < 1.29 is 17.3 Å². The zero-order chi connectivity index (χ0) is 13.9. The summed E-state index contributed by atoms with van der Waals surface area (Å²) in [7, 11) is -3.74. The molecule has 1 heterocycles. The van der Waals surface area contributed by atoms with Gasteiger partial charge in [-0.25, -0.2) is 0 Å². The zero-order valence-electron chi connectivity index (χ0n) is 11.1. The van der Waals surface area contributed by atoms with E-state index in [4.69, 9.17) is 8.92 Å². The molecule has 0 saturated heterocycles. The number of hydrogen-bond acceptors (Lipinski definition) is 4. The molecule has 4 nitrogen and oxygen atoms in total. The smallest absolute Gasteiger partial charge is 0.297 e. The highest BCUT2D eigenvalue weighted by Gasteiger charge is 2.28. The van der Waals surface area contributed by atoms with Crippen LogP contribution in [0.3, 0.4) is 0 Å². The van der Waals surface area contributed by atoms with Crippen molar-refractivity contribution in [2.75, 3.05) is 6.61 Å². The molecule has 0 amide bonds. The minimum atomic E-state index is -3.74. The van der Waals surface area contributed by atoms with Gasteiger partial charge < -0.3 is 4.74 Å². The second-order valence-corrected chi connectivity index (χ2v) is 6.11. The standard InChI is InChI=1S/C14H18O4S/c1-3-13(14-5-4-10-17-14)18-19(15,16)12-8-6-11(2)7-9-12/h4-9,13-14H,3,10H2,1-2H3/t13-,14-/m0/s1. The zero-order valence-corrected chi connectivity index (χ0v) is 11.9. The summed E-state index contributed by atoms with van der Waals surface area (Å²) in [4.78, 5) is 0.179. The molecule has 1 aliphatic rings. The predicted octanol–water partition coefficient (Wildman–Crippen LogP) is 2.43. The van der Waals surface area contributed by atoms with Crippen molar-refractivity contribution in [1.82, 2.24) is 0 Å². The first-order valence-electron chi connectivity index (χ1n) is 6.31. The lowest BCUT2D eigenvalue weighted by Crippen LogP contribution is -2.30. The van der Waals surface area contributed by atoms with Crippen LogP contribution in [0.1, 0.15) is 18.9 Å². The van der Waals surface area contributed by atoms with Gasteiger partial charge in [0.1, 0.15) is 12.2 Å². The van der Waals surface area contributed by atoms with Gasteiger partial charge in [0.2, 0.25) is 0 Å². The van der Waals surface area contributed by atoms with Crippen molar-refractivity contribution in [2.24, 2.45) is 0 Å². The molecule has 0 spiro atoms. The van der Waals surface area contributed by atoms with Crippen LogP contribution >= 0.6 is 0 Å². The molecule has 0 aromatic heterocycles. The molecule has 0 fully saturated rings. The largest absolute Gasteiger partial charge is 0.367 e. The monoisotopic (exact) mass is 282 g/mol. The van der Waals surface area contributed by atoms with Gasteiger partial charge in [-0.05, 0) is 25.5 Å². The fourth-order valence-electron chi connectivity index (χ4n) is 1.92. The minimum absolute atomic E-state index is 0.179. The summed E-state index contributed by atoms with van der Waals surface area (Å²) in [6, 6.07) is 6.62. The third kappa shape index (κ3) is 3.43. The van der Waals surface area contributed by atoms with Crippen LogP contribution < -0.4 is 0 Å². The van der Waals surface area contributed by atoms with Crippen LogP contribution in [0.2, 0.25) is 0 Å². The Labute approximate surface area is 114 Å². The Bertz CT molecular complexity index is 545. The van der Waals surface area contributed by atoms with Crippen LogP contribution in [0.25, 0.3) is 0 Å². The van der Waals surface area contributed by atoms with E-state index in [1.54, 1.807) is 24.3 Å². The topological polar surface area (TPSA) is 52.6 Å². The first-order valence-corrected chi connectivity index (χ1v) is 7.72. The highest BCUT2D eigenvalue weighted by molar-refractivity contribution is 7.86. The van der Waals surface area contributed by atoms with Crippen LogP contribution in [-0.4, -0.2) is 27.2 Å². The molecule has 1 aromatic rings. The van der Waals surface area contributed by atoms with Gasteiger partial charge in [-0.3, -0.25) is 4.18 Å². The van der Waals surface area contributed by atoms with Gasteiger partial charge in [-0.1, -0.05) is 36.8 Å². The molecule has 0 N–H and O–H groups in total. The average Bonchev–Trinajstić information content (AvgIpc) is 2.90. The predicted molar refractivity (Wildman–Crippen MR) is 72.4 cm³/mol. The highest BCUT2D eigenvalue weighted by atomic mass is 32.2. The number of ether oxygens (including phenoxy) is 1. The van der Waals surface area contributed by atoms with E-state index in [1.165, 1.54) is 0 Å². The molecule has 0 aliphatic carbocycles. The minimum Gasteiger partial charge on any atom is -0.367 e. The first kappa shape index (κ1) is 14.2. The molecule has 1 aromatic carbocycles. The highest BCUT2D eigenvalue weighted by Crippen LogP contribution is 2.21. The summed E-state index contributed by atoms with van der Waals surface area (Å²) in [5.74, 6) is 0. The second kappa shape index (κ2) is 5.86. The summed E-state index contributed by atoms with van der Waals surface area (Å²) in [5, 5.41) is 0. The van der Waals surface area contributed by atoms with Crippen LogP contribution in [0.4, 0.5) is 0 Å². The normalized spacial score (nSPS) is 20.6. The van der Waals surface area contributed by atoms with Crippen LogP contribution in [0, 0.1) is 6.92 Å². The maximum atomic E-state index is 12.2. The molecule has 2 atom stereocenters. The van der Waals surface area contributed by atoms with E-state index in [0.717, 1.165) is 5.56 Å². The molecule has 104 valence electrons. The van der Waals surface area contributed by atoms with Crippen molar-refractivity contribution in [3.63, 3.8) is 0 Å². The lowest BCUT2D eigenvalue weighted by atomic mass is 10.1. The number of benzene rings is 1. The summed E-state index contributed by atoms with van der Waals surface area (Å²) in [6.07, 6.45) is 3.52. The van der Waals surface area contributed by atoms with Crippen molar-refractivity contribution in [1.29, 1.82) is 0 Å². The van der Waals surface area contributed by atoms with Gasteiger partial charge in [-0.2, -0.15) is 8.42 Å². The molecule has 19 heavy (non-hydrogen) atoms. The summed E-state index contributed by atoms with van der Waals surface area (Å²) >= 11 is 0. The van der Waals surface area contributed by atoms with Crippen LogP contribution in [-0.2, 0) is 19.0 Å². The molecular weight excluding hydrogens is 264 g/mol. The van der Waals surface area contributed by atoms with E-state index >= 15 is 0 Å². The molecule has 0 radical (unpaired) electrons. The van der Waals surface area contributed by atoms with E-state index in [9.17, 15) is 8.42 Å². The van der Waals surface area contributed by atoms with E-state index in [0.29, 0.717) is 13.0 Å². The Morgan fingerprint density at radius 2 is 2.05 bits per heavy atom. The Morgan fingerprint density at radius 1 is 1.37 bits per heavy atom. The van der Waals surface area contributed by atoms with Crippen LogP contribution in [0.5, 0.6) is 0 Å². The average molecular weight is 282 g/mol. The van der Waals surface area contributed by atoms with E-state index in [2.05, 4.69) is 0 Å². The van der Waals surface area contributed by atoms with Gasteiger partial charge >= 0.3 is 0 Å². The number of hydrogen-bond donors (Lipinski definition) is 0. The third-order valence-electron chi connectivity index (χ3n) is 3.04. The Kier molecular flexibility index (Phi) is 4.39. The maximum absolute atomic E-state index is 12.2. The summed E-state index contributed by atoms with van der Waals surface area (Å²) < 4.78 is 35.0. The summed E-state index contributed by atoms with van der Waals surface area (Å²) in [6.45, 7) is 4.29. The number of aryl methyl sites for hydroxylation is 1. The van der Waals surface area contributed by atoms with E-state index < -0.39 is 16.2 Å². The first-order chi connectivity index (χ1) is 9.03.